The maximum Gasteiger partial charge on any atom is 0.235 e. The Morgan fingerprint density at radius 3 is 2.55 bits per heavy atom. The third kappa shape index (κ3) is 4.31. The van der Waals surface area contributed by atoms with Crippen LogP contribution in [0.25, 0.3) is 0 Å². The molecule has 1 saturated carbocycles. The van der Waals surface area contributed by atoms with Gasteiger partial charge in [-0.15, -0.1) is 0 Å². The summed E-state index contributed by atoms with van der Waals surface area (Å²) in [5, 5.41) is 15.5. The molecular weight excluding hydrogens is 342 g/mol. The summed E-state index contributed by atoms with van der Waals surface area (Å²) in [7, 11) is 0. The second-order valence-corrected chi connectivity index (χ2v) is 6.76. The van der Waals surface area contributed by atoms with Gasteiger partial charge < -0.3 is 10.6 Å². The van der Waals surface area contributed by atoms with E-state index < -0.39 is 5.54 Å². The SMILES string of the molecule is CC[C@@H](NCC(=O)NC1(C#N)CCCC1)c1ccc(Br)cc1. The maximum atomic E-state index is 12.1. The van der Waals surface area contributed by atoms with Gasteiger partial charge in [-0.2, -0.15) is 5.26 Å². The summed E-state index contributed by atoms with van der Waals surface area (Å²) < 4.78 is 1.04. The fourth-order valence-corrected chi connectivity index (χ4v) is 3.23. The number of amides is 1. The van der Waals surface area contributed by atoms with Crippen LogP contribution >= 0.6 is 15.9 Å². The molecule has 0 spiro atoms. The zero-order chi connectivity index (χ0) is 16.0. The summed E-state index contributed by atoms with van der Waals surface area (Å²) in [6.45, 7) is 2.32. The highest BCUT2D eigenvalue weighted by Crippen LogP contribution is 2.28. The van der Waals surface area contributed by atoms with Crippen molar-refractivity contribution in [3.05, 3.63) is 34.3 Å². The van der Waals surface area contributed by atoms with Gasteiger partial charge in [-0.25, -0.2) is 0 Å². The molecular formula is C17H22BrN3O. The Kier molecular flexibility index (Phi) is 5.98. The van der Waals surface area contributed by atoms with Crippen LogP contribution in [-0.4, -0.2) is 18.0 Å². The van der Waals surface area contributed by atoms with E-state index in [1.54, 1.807) is 0 Å². The number of hydrogen-bond acceptors (Lipinski definition) is 3. The van der Waals surface area contributed by atoms with Crippen LogP contribution in [-0.2, 0) is 4.79 Å². The van der Waals surface area contributed by atoms with Crippen LogP contribution in [0.1, 0.15) is 50.6 Å². The molecule has 2 rings (SSSR count). The molecule has 4 nitrogen and oxygen atoms in total. The van der Waals surface area contributed by atoms with Crippen LogP contribution in [0.3, 0.4) is 0 Å². The van der Waals surface area contributed by atoms with E-state index in [1.807, 2.05) is 12.1 Å². The second-order valence-electron chi connectivity index (χ2n) is 5.84. The summed E-state index contributed by atoms with van der Waals surface area (Å²) in [6.07, 6.45) is 4.45. The predicted octanol–water partition coefficient (Wildman–Crippen LogP) is 3.44. The molecule has 1 aromatic rings. The predicted molar refractivity (Wildman–Crippen MR) is 90.1 cm³/mol. The summed E-state index contributed by atoms with van der Waals surface area (Å²) >= 11 is 3.43. The number of carbonyl (C=O) groups is 1. The van der Waals surface area contributed by atoms with Gasteiger partial charge in [0.1, 0.15) is 5.54 Å². The van der Waals surface area contributed by atoms with Gasteiger partial charge >= 0.3 is 0 Å². The Morgan fingerprint density at radius 2 is 2.00 bits per heavy atom. The standard InChI is InChI=1S/C17H22BrN3O/c1-2-15(13-5-7-14(18)8-6-13)20-11-16(22)21-17(12-19)9-3-4-10-17/h5-8,15,20H,2-4,9-11H2,1H3,(H,21,22)/t15-/m1/s1. The number of nitrogens with one attached hydrogen (secondary N) is 2. The molecule has 22 heavy (non-hydrogen) atoms. The van der Waals surface area contributed by atoms with Crippen molar-refractivity contribution in [3.8, 4) is 6.07 Å². The topological polar surface area (TPSA) is 64.9 Å². The molecule has 5 heteroatoms. The highest BCUT2D eigenvalue weighted by Gasteiger charge is 2.35. The lowest BCUT2D eigenvalue weighted by Crippen LogP contribution is -2.48. The summed E-state index contributed by atoms with van der Waals surface area (Å²) in [4.78, 5) is 12.1. The van der Waals surface area contributed by atoms with Gasteiger partial charge in [-0.3, -0.25) is 4.79 Å². The first kappa shape index (κ1) is 17.0. The molecule has 0 aliphatic heterocycles. The van der Waals surface area contributed by atoms with E-state index in [9.17, 15) is 10.1 Å². The zero-order valence-corrected chi connectivity index (χ0v) is 14.4. The van der Waals surface area contributed by atoms with Gasteiger partial charge in [0.05, 0.1) is 12.6 Å². The van der Waals surface area contributed by atoms with Crippen molar-refractivity contribution in [1.29, 1.82) is 5.26 Å². The molecule has 1 amide bonds. The van der Waals surface area contributed by atoms with Crippen LogP contribution in [0.15, 0.2) is 28.7 Å². The minimum absolute atomic E-state index is 0.0981. The van der Waals surface area contributed by atoms with Crippen LogP contribution in [0.2, 0.25) is 0 Å². The van der Waals surface area contributed by atoms with Gasteiger partial charge in [0.25, 0.3) is 0 Å². The highest BCUT2D eigenvalue weighted by atomic mass is 79.9. The van der Waals surface area contributed by atoms with Crippen LogP contribution in [0, 0.1) is 11.3 Å². The van der Waals surface area contributed by atoms with E-state index in [0.29, 0.717) is 0 Å². The van der Waals surface area contributed by atoms with Crippen molar-refractivity contribution < 1.29 is 4.79 Å². The van der Waals surface area contributed by atoms with Gasteiger partial charge in [0, 0.05) is 10.5 Å². The number of nitriles is 1. The Labute approximate surface area is 140 Å². The van der Waals surface area contributed by atoms with Crippen molar-refractivity contribution in [2.75, 3.05) is 6.54 Å². The average Bonchev–Trinajstić information content (AvgIpc) is 2.98. The summed E-state index contributed by atoms with van der Waals surface area (Å²) in [5.74, 6) is -0.0981. The van der Waals surface area contributed by atoms with Crippen LogP contribution in [0.5, 0.6) is 0 Å². The summed E-state index contributed by atoms with van der Waals surface area (Å²) in [5.41, 5.74) is 0.521. The van der Waals surface area contributed by atoms with Crippen LogP contribution < -0.4 is 10.6 Å². The Hall–Kier alpha value is -1.38. The number of nitrogens with zero attached hydrogens (tertiary/aromatic N) is 1. The minimum Gasteiger partial charge on any atom is -0.337 e. The zero-order valence-electron chi connectivity index (χ0n) is 12.9. The molecule has 0 heterocycles. The minimum atomic E-state index is -0.641. The van der Waals surface area contributed by atoms with Crippen molar-refractivity contribution in [1.82, 2.24) is 10.6 Å². The number of halogens is 1. The first-order valence-electron chi connectivity index (χ1n) is 7.79. The van der Waals surface area contributed by atoms with Crippen molar-refractivity contribution >= 4 is 21.8 Å². The fraction of sp³-hybridized carbons (Fsp3) is 0.529. The molecule has 1 atom stereocenters. The highest BCUT2D eigenvalue weighted by molar-refractivity contribution is 9.10. The van der Waals surface area contributed by atoms with E-state index in [0.717, 1.165) is 42.1 Å². The van der Waals surface area contributed by atoms with Gasteiger partial charge in [0.2, 0.25) is 5.91 Å². The monoisotopic (exact) mass is 363 g/mol. The Morgan fingerprint density at radius 1 is 1.36 bits per heavy atom. The number of benzene rings is 1. The number of rotatable bonds is 6. The molecule has 0 saturated heterocycles. The maximum absolute atomic E-state index is 12.1. The third-order valence-corrected chi connectivity index (χ3v) is 4.77. The molecule has 0 bridgehead atoms. The largest absolute Gasteiger partial charge is 0.337 e. The van der Waals surface area contributed by atoms with Crippen molar-refractivity contribution in [2.45, 2.75) is 50.6 Å². The van der Waals surface area contributed by atoms with Crippen molar-refractivity contribution in [2.24, 2.45) is 0 Å². The molecule has 0 unspecified atom stereocenters. The average molecular weight is 364 g/mol. The molecule has 0 aromatic heterocycles. The molecule has 0 radical (unpaired) electrons. The summed E-state index contributed by atoms with van der Waals surface area (Å²) in [6, 6.07) is 10.5. The molecule has 118 valence electrons. The van der Waals surface area contributed by atoms with E-state index in [2.05, 4.69) is 51.7 Å². The van der Waals surface area contributed by atoms with E-state index >= 15 is 0 Å². The Balaban J connectivity index is 1.89. The molecule has 1 fully saturated rings. The molecule has 1 aliphatic carbocycles. The number of carbonyl (C=O) groups excluding carboxylic acids is 1. The molecule has 2 N–H and O–H groups in total. The fourth-order valence-electron chi connectivity index (χ4n) is 2.96. The normalized spacial score (nSPS) is 17.7. The smallest absolute Gasteiger partial charge is 0.235 e. The molecule has 1 aliphatic rings. The second kappa shape index (κ2) is 7.75. The lowest BCUT2D eigenvalue weighted by molar-refractivity contribution is -0.121. The van der Waals surface area contributed by atoms with Gasteiger partial charge in [-0.05, 0) is 49.8 Å². The first-order valence-corrected chi connectivity index (χ1v) is 8.59. The quantitative estimate of drug-likeness (QED) is 0.813. The lowest BCUT2D eigenvalue weighted by atomic mass is 10.00. The third-order valence-electron chi connectivity index (χ3n) is 4.24. The van der Waals surface area contributed by atoms with E-state index in [1.165, 1.54) is 0 Å². The first-order chi connectivity index (χ1) is 10.6. The van der Waals surface area contributed by atoms with E-state index in [4.69, 9.17) is 0 Å². The van der Waals surface area contributed by atoms with Crippen molar-refractivity contribution in [3.63, 3.8) is 0 Å². The molecule has 1 aromatic carbocycles. The van der Waals surface area contributed by atoms with Gasteiger partial charge in [0.15, 0.2) is 0 Å². The number of hydrogen-bond donors (Lipinski definition) is 2. The van der Waals surface area contributed by atoms with Gasteiger partial charge in [-0.1, -0.05) is 35.0 Å². The lowest BCUT2D eigenvalue weighted by Gasteiger charge is -2.23. The Bertz CT molecular complexity index is 544. The van der Waals surface area contributed by atoms with E-state index in [-0.39, 0.29) is 18.5 Å². The van der Waals surface area contributed by atoms with Crippen LogP contribution in [0.4, 0.5) is 0 Å².